The van der Waals surface area contributed by atoms with Gasteiger partial charge < -0.3 is 9.64 Å². The van der Waals surface area contributed by atoms with Gasteiger partial charge in [-0.1, -0.05) is 26.2 Å². The molecular formula is C23H35N3O5S. The third-order valence-corrected chi connectivity index (χ3v) is 8.02. The van der Waals surface area contributed by atoms with Gasteiger partial charge in [0.1, 0.15) is 4.90 Å². The summed E-state index contributed by atoms with van der Waals surface area (Å²) in [4.78, 5) is 30.0. The number of rotatable bonds is 10. The van der Waals surface area contributed by atoms with Gasteiger partial charge >= 0.3 is 0 Å². The van der Waals surface area contributed by atoms with Gasteiger partial charge in [-0.25, -0.2) is 12.7 Å². The van der Waals surface area contributed by atoms with Crippen molar-refractivity contribution in [1.29, 1.82) is 0 Å². The lowest BCUT2D eigenvalue weighted by Crippen LogP contribution is -2.43. The van der Waals surface area contributed by atoms with E-state index in [1.54, 1.807) is 19.9 Å². The van der Waals surface area contributed by atoms with Crippen molar-refractivity contribution in [3.63, 3.8) is 0 Å². The molecule has 1 aromatic rings. The Balaban J connectivity index is 1.79. The molecule has 9 heteroatoms. The number of fused-ring (bicyclic) bond motifs is 1. The summed E-state index contributed by atoms with van der Waals surface area (Å²) in [6.07, 6.45) is 4.19. The number of benzene rings is 1. The second kappa shape index (κ2) is 10.8. The number of unbranched alkanes of at least 4 members (excludes halogenated alkanes) is 3. The molecule has 1 fully saturated rings. The maximum absolute atomic E-state index is 13.4. The lowest BCUT2D eigenvalue weighted by Gasteiger charge is -2.30. The van der Waals surface area contributed by atoms with Crippen molar-refractivity contribution in [2.75, 3.05) is 45.9 Å². The number of amides is 2. The van der Waals surface area contributed by atoms with Crippen molar-refractivity contribution in [3.05, 3.63) is 29.3 Å². The Morgan fingerprint density at radius 3 is 2.50 bits per heavy atom. The van der Waals surface area contributed by atoms with Crippen molar-refractivity contribution >= 4 is 21.8 Å². The highest BCUT2D eigenvalue weighted by Crippen LogP contribution is 2.32. The van der Waals surface area contributed by atoms with Gasteiger partial charge in [-0.05, 0) is 38.5 Å². The van der Waals surface area contributed by atoms with Crippen LogP contribution in [0.25, 0.3) is 0 Å². The average molecular weight is 466 g/mol. The molecule has 2 aliphatic heterocycles. The second-order valence-electron chi connectivity index (χ2n) is 8.72. The predicted molar refractivity (Wildman–Crippen MR) is 122 cm³/mol. The first kappa shape index (κ1) is 24.7. The van der Waals surface area contributed by atoms with Gasteiger partial charge in [-0.3, -0.25) is 14.5 Å². The molecule has 0 saturated carbocycles. The second-order valence-corrected chi connectivity index (χ2v) is 10.5. The average Bonchev–Trinajstić information content (AvgIpc) is 2.98. The van der Waals surface area contributed by atoms with Crippen LogP contribution in [0.3, 0.4) is 0 Å². The van der Waals surface area contributed by atoms with Crippen LogP contribution in [0.15, 0.2) is 23.1 Å². The van der Waals surface area contributed by atoms with E-state index in [4.69, 9.17) is 4.74 Å². The zero-order valence-corrected chi connectivity index (χ0v) is 20.2. The molecule has 1 saturated heterocycles. The molecule has 0 radical (unpaired) electrons. The Hall–Kier alpha value is -1.97. The molecule has 0 unspecified atom stereocenters. The number of hydrogen-bond acceptors (Lipinski definition) is 6. The largest absolute Gasteiger partial charge is 0.379 e. The van der Waals surface area contributed by atoms with Crippen LogP contribution < -0.4 is 0 Å². The van der Waals surface area contributed by atoms with E-state index in [1.165, 1.54) is 12.1 Å². The van der Waals surface area contributed by atoms with E-state index in [9.17, 15) is 18.0 Å². The summed E-state index contributed by atoms with van der Waals surface area (Å²) in [5, 5.41) is 0. The van der Waals surface area contributed by atoms with Gasteiger partial charge in [0.15, 0.2) is 0 Å². The highest BCUT2D eigenvalue weighted by molar-refractivity contribution is 7.90. The van der Waals surface area contributed by atoms with Crippen molar-refractivity contribution in [1.82, 2.24) is 14.1 Å². The van der Waals surface area contributed by atoms with Crippen LogP contribution in [0.2, 0.25) is 0 Å². The Morgan fingerprint density at radius 2 is 1.84 bits per heavy atom. The number of sulfonamides is 1. The Kier molecular flexibility index (Phi) is 8.30. The number of hydrogen-bond donors (Lipinski definition) is 0. The molecule has 0 spiro atoms. The molecule has 32 heavy (non-hydrogen) atoms. The fourth-order valence-electron chi connectivity index (χ4n) is 4.21. The standard InChI is InChI=1S/C23H35N3O5S/c1-4-5-6-7-10-25(12-11-24-13-15-31-16-14-24)22(27)19-8-9-20-21(17-19)32(29,30)26(18(2)3)23(20)28/h8-9,17-18H,4-7,10-16H2,1-3H3. The van der Waals surface area contributed by atoms with E-state index in [0.717, 1.165) is 49.6 Å². The first-order chi connectivity index (χ1) is 15.3. The van der Waals surface area contributed by atoms with E-state index in [2.05, 4.69) is 11.8 Å². The summed E-state index contributed by atoms with van der Waals surface area (Å²) in [5.41, 5.74) is 0.446. The number of morpholine rings is 1. The van der Waals surface area contributed by atoms with Crippen molar-refractivity contribution in [2.45, 2.75) is 57.4 Å². The normalized spacial score (nSPS) is 18.2. The number of nitrogens with zero attached hydrogens (tertiary/aromatic N) is 3. The van der Waals surface area contributed by atoms with E-state index >= 15 is 0 Å². The van der Waals surface area contributed by atoms with E-state index in [1.807, 2.05) is 4.90 Å². The van der Waals surface area contributed by atoms with Crippen LogP contribution in [0.1, 0.15) is 67.2 Å². The fraction of sp³-hybridized carbons (Fsp3) is 0.652. The van der Waals surface area contributed by atoms with E-state index < -0.39 is 22.0 Å². The minimum Gasteiger partial charge on any atom is -0.379 e. The number of carbonyl (C=O) groups is 2. The van der Waals surface area contributed by atoms with Gasteiger partial charge in [0.2, 0.25) is 0 Å². The van der Waals surface area contributed by atoms with Crippen LogP contribution in [-0.4, -0.2) is 86.3 Å². The number of ether oxygens (including phenoxy) is 1. The molecule has 2 heterocycles. The first-order valence-electron chi connectivity index (χ1n) is 11.6. The summed E-state index contributed by atoms with van der Waals surface area (Å²) in [7, 11) is -3.94. The molecule has 0 aromatic heterocycles. The highest BCUT2D eigenvalue weighted by atomic mass is 32.2. The van der Waals surface area contributed by atoms with Crippen molar-refractivity contribution in [2.24, 2.45) is 0 Å². The molecule has 8 nitrogen and oxygen atoms in total. The fourth-order valence-corrected chi connectivity index (χ4v) is 6.00. The third kappa shape index (κ3) is 5.32. The third-order valence-electron chi connectivity index (χ3n) is 6.02. The maximum atomic E-state index is 13.4. The summed E-state index contributed by atoms with van der Waals surface area (Å²) in [5.74, 6) is -0.721. The van der Waals surface area contributed by atoms with Crippen molar-refractivity contribution in [3.8, 4) is 0 Å². The molecule has 1 aromatic carbocycles. The van der Waals surface area contributed by atoms with Gasteiger partial charge in [-0.15, -0.1) is 0 Å². The van der Waals surface area contributed by atoms with Crippen LogP contribution in [-0.2, 0) is 14.8 Å². The van der Waals surface area contributed by atoms with Crippen LogP contribution in [0, 0.1) is 0 Å². The minimum atomic E-state index is -3.94. The SMILES string of the molecule is CCCCCCN(CCN1CCOCC1)C(=O)c1ccc2c(c1)S(=O)(=O)N(C(C)C)C2=O. The van der Waals surface area contributed by atoms with E-state index in [-0.39, 0.29) is 16.4 Å². The minimum absolute atomic E-state index is 0.0684. The molecule has 2 amide bonds. The Morgan fingerprint density at radius 1 is 1.12 bits per heavy atom. The summed E-state index contributed by atoms with van der Waals surface area (Å²) in [6.45, 7) is 10.5. The highest BCUT2D eigenvalue weighted by Gasteiger charge is 2.43. The van der Waals surface area contributed by atoms with Gasteiger partial charge in [0, 0.05) is 44.3 Å². The lowest BCUT2D eigenvalue weighted by molar-refractivity contribution is 0.0324. The maximum Gasteiger partial charge on any atom is 0.269 e. The topological polar surface area (TPSA) is 87.2 Å². The molecular weight excluding hydrogens is 430 g/mol. The molecule has 2 aliphatic rings. The molecule has 3 rings (SSSR count). The monoisotopic (exact) mass is 465 g/mol. The van der Waals surface area contributed by atoms with Gasteiger partial charge in [-0.2, -0.15) is 0 Å². The zero-order chi connectivity index (χ0) is 23.3. The molecule has 0 bridgehead atoms. The van der Waals surface area contributed by atoms with Gasteiger partial charge in [0.25, 0.3) is 21.8 Å². The Bertz CT molecular complexity index is 926. The van der Waals surface area contributed by atoms with Crippen molar-refractivity contribution < 1.29 is 22.7 Å². The van der Waals surface area contributed by atoms with Gasteiger partial charge in [0.05, 0.1) is 18.8 Å². The molecule has 178 valence electrons. The summed E-state index contributed by atoms with van der Waals surface area (Å²) >= 11 is 0. The number of carbonyl (C=O) groups excluding carboxylic acids is 2. The quantitative estimate of drug-likeness (QED) is 0.494. The zero-order valence-electron chi connectivity index (χ0n) is 19.4. The summed E-state index contributed by atoms with van der Waals surface area (Å²) < 4.78 is 32.1. The predicted octanol–water partition coefficient (Wildman–Crippen LogP) is 2.59. The smallest absolute Gasteiger partial charge is 0.269 e. The molecule has 0 aliphatic carbocycles. The van der Waals surface area contributed by atoms with Crippen LogP contribution in [0.5, 0.6) is 0 Å². The molecule has 0 atom stereocenters. The summed E-state index contributed by atoms with van der Waals surface area (Å²) in [6, 6.07) is 3.94. The van der Waals surface area contributed by atoms with Crippen LogP contribution in [0.4, 0.5) is 0 Å². The first-order valence-corrected chi connectivity index (χ1v) is 13.0. The van der Waals surface area contributed by atoms with Crippen LogP contribution >= 0.6 is 0 Å². The van der Waals surface area contributed by atoms with E-state index in [0.29, 0.717) is 31.9 Å². The molecule has 0 N–H and O–H groups in total. The lowest BCUT2D eigenvalue weighted by atomic mass is 10.1. The Labute approximate surface area is 191 Å².